The van der Waals surface area contributed by atoms with Crippen LogP contribution in [0.25, 0.3) is 0 Å². The molecule has 0 saturated carbocycles. The Morgan fingerprint density at radius 1 is 0.952 bits per heavy atom. The Bertz CT molecular complexity index is 521. The van der Waals surface area contributed by atoms with Gasteiger partial charge in [0.25, 0.3) is 0 Å². The second kappa shape index (κ2) is 7.84. The summed E-state index contributed by atoms with van der Waals surface area (Å²) in [5.74, 6) is 1.44. The molecule has 0 saturated heterocycles. The fraction of sp³-hybridized carbons (Fsp3) is 0.368. The third-order valence-corrected chi connectivity index (χ3v) is 3.66. The molecule has 1 N–H and O–H groups in total. The number of hydrogen-bond donors (Lipinski definition) is 1. The SMILES string of the molecule is Cc1ccc(OCC(C)NCC(C)c2ccccc2)cc1. The van der Waals surface area contributed by atoms with Gasteiger partial charge >= 0.3 is 0 Å². The first kappa shape index (κ1) is 15.6. The molecule has 0 amide bonds. The van der Waals surface area contributed by atoms with E-state index in [-0.39, 0.29) is 0 Å². The summed E-state index contributed by atoms with van der Waals surface area (Å²) >= 11 is 0. The summed E-state index contributed by atoms with van der Waals surface area (Å²) in [5.41, 5.74) is 2.63. The van der Waals surface area contributed by atoms with Crippen LogP contribution in [0.2, 0.25) is 0 Å². The molecule has 0 spiro atoms. The average molecular weight is 283 g/mol. The van der Waals surface area contributed by atoms with Crippen LogP contribution < -0.4 is 10.1 Å². The van der Waals surface area contributed by atoms with Gasteiger partial charge in [-0.3, -0.25) is 0 Å². The van der Waals surface area contributed by atoms with E-state index in [1.54, 1.807) is 0 Å². The minimum atomic E-state index is 0.331. The van der Waals surface area contributed by atoms with Crippen LogP contribution in [-0.4, -0.2) is 19.2 Å². The van der Waals surface area contributed by atoms with Gasteiger partial charge in [0.2, 0.25) is 0 Å². The molecular weight excluding hydrogens is 258 g/mol. The van der Waals surface area contributed by atoms with E-state index in [9.17, 15) is 0 Å². The van der Waals surface area contributed by atoms with Crippen LogP contribution in [0.1, 0.15) is 30.9 Å². The minimum Gasteiger partial charge on any atom is -0.492 e. The molecule has 2 atom stereocenters. The average Bonchev–Trinajstić information content (AvgIpc) is 2.53. The smallest absolute Gasteiger partial charge is 0.119 e. The van der Waals surface area contributed by atoms with Gasteiger partial charge in [-0.2, -0.15) is 0 Å². The van der Waals surface area contributed by atoms with E-state index in [4.69, 9.17) is 4.74 Å². The molecule has 2 rings (SSSR count). The number of nitrogens with one attached hydrogen (secondary N) is 1. The summed E-state index contributed by atoms with van der Waals surface area (Å²) in [6.07, 6.45) is 0. The number of ether oxygens (including phenoxy) is 1. The van der Waals surface area contributed by atoms with Gasteiger partial charge < -0.3 is 10.1 Å². The number of benzene rings is 2. The zero-order valence-electron chi connectivity index (χ0n) is 13.2. The zero-order valence-corrected chi connectivity index (χ0v) is 13.2. The zero-order chi connectivity index (χ0) is 15.1. The largest absolute Gasteiger partial charge is 0.492 e. The van der Waals surface area contributed by atoms with Crippen molar-refractivity contribution in [2.24, 2.45) is 0 Å². The molecule has 0 fully saturated rings. The highest BCUT2D eigenvalue weighted by molar-refractivity contribution is 5.26. The number of aryl methyl sites for hydroxylation is 1. The van der Waals surface area contributed by atoms with Gasteiger partial charge in [-0.05, 0) is 37.5 Å². The molecule has 2 aromatic rings. The lowest BCUT2D eigenvalue weighted by atomic mass is 10.0. The fourth-order valence-corrected chi connectivity index (χ4v) is 2.19. The summed E-state index contributed by atoms with van der Waals surface area (Å²) in [4.78, 5) is 0. The second-order valence-corrected chi connectivity index (χ2v) is 5.75. The summed E-state index contributed by atoms with van der Waals surface area (Å²) in [6.45, 7) is 8.13. The molecule has 21 heavy (non-hydrogen) atoms. The third kappa shape index (κ3) is 5.24. The molecule has 112 valence electrons. The summed E-state index contributed by atoms with van der Waals surface area (Å²) in [5, 5.41) is 3.54. The third-order valence-electron chi connectivity index (χ3n) is 3.66. The Morgan fingerprint density at radius 3 is 2.29 bits per heavy atom. The summed E-state index contributed by atoms with van der Waals surface area (Å²) in [7, 11) is 0. The topological polar surface area (TPSA) is 21.3 Å². The molecule has 0 aliphatic rings. The maximum Gasteiger partial charge on any atom is 0.119 e. The van der Waals surface area contributed by atoms with Crippen LogP contribution in [0.3, 0.4) is 0 Å². The molecule has 2 aromatic carbocycles. The van der Waals surface area contributed by atoms with Crippen LogP contribution in [0.15, 0.2) is 54.6 Å². The van der Waals surface area contributed by atoms with Crippen LogP contribution in [-0.2, 0) is 0 Å². The van der Waals surface area contributed by atoms with E-state index in [0.717, 1.165) is 12.3 Å². The van der Waals surface area contributed by atoms with Crippen molar-refractivity contribution in [3.63, 3.8) is 0 Å². The van der Waals surface area contributed by atoms with Crippen molar-refractivity contribution in [1.29, 1.82) is 0 Å². The molecule has 0 aliphatic carbocycles. The van der Waals surface area contributed by atoms with E-state index in [2.05, 4.69) is 68.6 Å². The lowest BCUT2D eigenvalue weighted by Crippen LogP contribution is -2.34. The standard InChI is InChI=1S/C19H25NO/c1-15-9-11-19(12-10-15)21-14-17(3)20-13-16(2)18-7-5-4-6-8-18/h4-12,16-17,20H,13-14H2,1-3H3. The Balaban J connectivity index is 1.72. The summed E-state index contributed by atoms with van der Waals surface area (Å²) < 4.78 is 5.80. The van der Waals surface area contributed by atoms with Gasteiger partial charge in [0.15, 0.2) is 0 Å². The van der Waals surface area contributed by atoms with Gasteiger partial charge in [0.1, 0.15) is 12.4 Å². The Morgan fingerprint density at radius 2 is 1.62 bits per heavy atom. The molecule has 0 radical (unpaired) electrons. The monoisotopic (exact) mass is 283 g/mol. The maximum absolute atomic E-state index is 5.80. The van der Waals surface area contributed by atoms with Gasteiger partial charge in [-0.1, -0.05) is 55.0 Å². The quantitative estimate of drug-likeness (QED) is 0.824. The van der Waals surface area contributed by atoms with Crippen LogP contribution in [0, 0.1) is 6.92 Å². The highest BCUT2D eigenvalue weighted by Crippen LogP contribution is 2.14. The first-order chi connectivity index (χ1) is 10.1. The number of rotatable bonds is 7. The van der Waals surface area contributed by atoms with Gasteiger partial charge in [0, 0.05) is 12.6 Å². The van der Waals surface area contributed by atoms with E-state index in [0.29, 0.717) is 18.6 Å². The van der Waals surface area contributed by atoms with Crippen LogP contribution in [0.5, 0.6) is 5.75 Å². The van der Waals surface area contributed by atoms with Crippen LogP contribution >= 0.6 is 0 Å². The van der Waals surface area contributed by atoms with E-state index >= 15 is 0 Å². The van der Waals surface area contributed by atoms with Crippen LogP contribution in [0.4, 0.5) is 0 Å². The lowest BCUT2D eigenvalue weighted by molar-refractivity contribution is 0.272. The highest BCUT2D eigenvalue weighted by Gasteiger charge is 2.08. The second-order valence-electron chi connectivity index (χ2n) is 5.75. The Kier molecular flexibility index (Phi) is 5.82. The maximum atomic E-state index is 5.80. The van der Waals surface area contributed by atoms with Gasteiger partial charge in [-0.15, -0.1) is 0 Å². The van der Waals surface area contributed by atoms with Gasteiger partial charge in [0.05, 0.1) is 0 Å². The van der Waals surface area contributed by atoms with Crippen molar-refractivity contribution in [3.8, 4) is 5.75 Å². The van der Waals surface area contributed by atoms with E-state index in [1.807, 2.05) is 12.1 Å². The molecular formula is C19H25NO. The molecule has 2 nitrogen and oxygen atoms in total. The number of hydrogen-bond acceptors (Lipinski definition) is 2. The Labute approximate surface area is 128 Å². The molecule has 2 unspecified atom stereocenters. The van der Waals surface area contributed by atoms with Gasteiger partial charge in [-0.25, -0.2) is 0 Å². The summed E-state index contributed by atoms with van der Waals surface area (Å²) in [6, 6.07) is 19.1. The predicted molar refractivity (Wildman–Crippen MR) is 89.0 cm³/mol. The van der Waals surface area contributed by atoms with Crippen molar-refractivity contribution in [3.05, 3.63) is 65.7 Å². The van der Waals surface area contributed by atoms with Crippen molar-refractivity contribution < 1.29 is 4.74 Å². The highest BCUT2D eigenvalue weighted by atomic mass is 16.5. The first-order valence-electron chi connectivity index (χ1n) is 7.63. The van der Waals surface area contributed by atoms with E-state index < -0.39 is 0 Å². The van der Waals surface area contributed by atoms with Crippen molar-refractivity contribution in [2.75, 3.05) is 13.2 Å². The van der Waals surface area contributed by atoms with Crippen molar-refractivity contribution >= 4 is 0 Å². The predicted octanol–water partition coefficient (Wildman–Crippen LogP) is 4.16. The van der Waals surface area contributed by atoms with E-state index in [1.165, 1.54) is 11.1 Å². The molecule has 0 aliphatic heterocycles. The fourth-order valence-electron chi connectivity index (χ4n) is 2.19. The Hall–Kier alpha value is -1.80. The molecule has 0 heterocycles. The van der Waals surface area contributed by atoms with Crippen molar-refractivity contribution in [1.82, 2.24) is 5.32 Å². The first-order valence-corrected chi connectivity index (χ1v) is 7.63. The van der Waals surface area contributed by atoms with Crippen molar-refractivity contribution in [2.45, 2.75) is 32.7 Å². The molecule has 2 heteroatoms. The molecule has 0 bridgehead atoms. The lowest BCUT2D eigenvalue weighted by Gasteiger charge is -2.18. The normalized spacial score (nSPS) is 13.7. The minimum absolute atomic E-state index is 0.331. The molecule has 0 aromatic heterocycles.